The molecule has 0 fully saturated rings. The van der Waals surface area contributed by atoms with Crippen LogP contribution < -0.4 is 5.73 Å². The highest BCUT2D eigenvalue weighted by Crippen LogP contribution is 2.38. The second-order valence-electron chi connectivity index (χ2n) is 3.78. The van der Waals surface area contributed by atoms with Crippen LogP contribution in [0.2, 0.25) is 0 Å². The molecular weight excluding hydrogens is 267 g/mol. The number of rotatable bonds is 1. The summed E-state index contributed by atoms with van der Waals surface area (Å²) in [5, 5.41) is 0. The van der Waals surface area contributed by atoms with Crippen molar-refractivity contribution >= 4 is 5.82 Å². The molecule has 1 aromatic carbocycles. The molecule has 0 saturated heterocycles. The van der Waals surface area contributed by atoms with Gasteiger partial charge < -0.3 is 5.73 Å². The smallest absolute Gasteiger partial charge is 0.384 e. The van der Waals surface area contributed by atoms with Crippen molar-refractivity contribution in [2.75, 3.05) is 5.73 Å². The number of aromatic nitrogens is 1. The third kappa shape index (κ3) is 2.64. The van der Waals surface area contributed by atoms with Crippen molar-refractivity contribution in [2.45, 2.75) is 6.18 Å². The Bertz CT molecular complexity index is 622. The minimum atomic E-state index is -4.72. The van der Waals surface area contributed by atoms with Crippen LogP contribution in [0.15, 0.2) is 30.5 Å². The largest absolute Gasteiger partial charge is 0.417 e. The fourth-order valence-corrected chi connectivity index (χ4v) is 1.63. The minimum Gasteiger partial charge on any atom is -0.384 e. The molecule has 0 unspecified atom stereocenters. The van der Waals surface area contributed by atoms with E-state index < -0.39 is 28.9 Å². The van der Waals surface area contributed by atoms with Gasteiger partial charge >= 0.3 is 6.18 Å². The Morgan fingerprint density at radius 2 is 1.68 bits per heavy atom. The van der Waals surface area contributed by atoms with Crippen LogP contribution >= 0.6 is 0 Å². The Balaban J connectivity index is 2.68. The maximum absolute atomic E-state index is 13.5. The monoisotopic (exact) mass is 274 g/mol. The summed E-state index contributed by atoms with van der Waals surface area (Å²) in [6.45, 7) is 0. The molecule has 19 heavy (non-hydrogen) atoms. The Kier molecular flexibility index (Phi) is 3.13. The molecule has 100 valence electrons. The summed E-state index contributed by atoms with van der Waals surface area (Å²) >= 11 is 0. The topological polar surface area (TPSA) is 38.9 Å². The van der Waals surface area contributed by atoms with Gasteiger partial charge in [0.2, 0.25) is 0 Å². The lowest BCUT2D eigenvalue weighted by Crippen LogP contribution is -2.09. The zero-order valence-corrected chi connectivity index (χ0v) is 9.30. The maximum atomic E-state index is 13.5. The lowest BCUT2D eigenvalue weighted by Gasteiger charge is -2.13. The zero-order chi connectivity index (χ0) is 14.2. The predicted octanol–water partition coefficient (Wildman–Crippen LogP) is 3.63. The fourth-order valence-electron chi connectivity index (χ4n) is 1.63. The van der Waals surface area contributed by atoms with Crippen LogP contribution in [0, 0.1) is 11.6 Å². The number of alkyl halides is 3. The predicted molar refractivity (Wildman–Crippen MR) is 59.0 cm³/mol. The van der Waals surface area contributed by atoms with E-state index in [0.29, 0.717) is 12.1 Å². The van der Waals surface area contributed by atoms with Gasteiger partial charge in [0.15, 0.2) is 0 Å². The molecule has 0 radical (unpaired) electrons. The van der Waals surface area contributed by atoms with E-state index in [1.807, 2.05) is 0 Å². The van der Waals surface area contributed by atoms with E-state index in [1.54, 1.807) is 0 Å². The molecule has 0 saturated carbocycles. The van der Waals surface area contributed by atoms with E-state index in [0.717, 1.165) is 18.3 Å². The normalized spacial score (nSPS) is 11.6. The third-order valence-electron chi connectivity index (χ3n) is 2.45. The molecule has 1 aromatic heterocycles. The molecule has 0 amide bonds. The number of hydrogen-bond acceptors (Lipinski definition) is 2. The highest BCUT2D eigenvalue weighted by molar-refractivity contribution is 5.69. The summed E-state index contributed by atoms with van der Waals surface area (Å²) < 4.78 is 64.8. The summed E-state index contributed by atoms with van der Waals surface area (Å²) in [6, 6.07) is 2.91. The Hall–Kier alpha value is -2.18. The molecule has 2 rings (SSSR count). The summed E-state index contributed by atoms with van der Waals surface area (Å²) in [4.78, 5) is 3.51. The number of hydrogen-bond donors (Lipinski definition) is 1. The van der Waals surface area contributed by atoms with Crippen molar-refractivity contribution in [3.63, 3.8) is 0 Å². The molecule has 0 aliphatic heterocycles. The molecule has 7 heteroatoms. The first-order valence-electron chi connectivity index (χ1n) is 5.07. The van der Waals surface area contributed by atoms with Gasteiger partial charge in [0.1, 0.15) is 17.5 Å². The second kappa shape index (κ2) is 4.49. The van der Waals surface area contributed by atoms with Crippen molar-refractivity contribution < 1.29 is 22.0 Å². The van der Waals surface area contributed by atoms with Gasteiger partial charge in [0.05, 0.1) is 5.56 Å². The first kappa shape index (κ1) is 13.3. The first-order valence-corrected chi connectivity index (χ1v) is 5.07. The fraction of sp³-hybridized carbons (Fsp3) is 0.0833. The van der Waals surface area contributed by atoms with E-state index in [1.165, 1.54) is 0 Å². The maximum Gasteiger partial charge on any atom is 0.417 e. The van der Waals surface area contributed by atoms with Crippen LogP contribution in [0.3, 0.4) is 0 Å². The molecular formula is C12H7F5N2. The molecule has 0 spiro atoms. The van der Waals surface area contributed by atoms with Gasteiger partial charge in [-0.3, -0.25) is 0 Å². The van der Waals surface area contributed by atoms with Crippen molar-refractivity contribution in [1.29, 1.82) is 0 Å². The third-order valence-corrected chi connectivity index (χ3v) is 2.45. The number of anilines is 1. The van der Waals surface area contributed by atoms with Gasteiger partial charge in [-0.25, -0.2) is 13.8 Å². The summed E-state index contributed by atoms with van der Waals surface area (Å²) in [6.07, 6.45) is -3.90. The highest BCUT2D eigenvalue weighted by atomic mass is 19.4. The lowest BCUT2D eigenvalue weighted by atomic mass is 10.0. The summed E-state index contributed by atoms with van der Waals surface area (Å²) in [5.41, 5.74) is 3.21. The molecule has 2 N–H and O–H groups in total. The number of benzene rings is 1. The van der Waals surface area contributed by atoms with Gasteiger partial charge in [0, 0.05) is 23.4 Å². The molecule has 0 aliphatic carbocycles. The quantitative estimate of drug-likeness (QED) is 0.806. The number of nitrogens with two attached hydrogens (primary N) is 1. The van der Waals surface area contributed by atoms with Crippen LogP contribution in [-0.4, -0.2) is 4.98 Å². The molecule has 1 heterocycles. The van der Waals surface area contributed by atoms with E-state index >= 15 is 0 Å². The zero-order valence-electron chi connectivity index (χ0n) is 9.30. The average molecular weight is 274 g/mol. The van der Waals surface area contributed by atoms with Crippen LogP contribution in [-0.2, 0) is 6.18 Å². The van der Waals surface area contributed by atoms with Crippen LogP contribution in [0.25, 0.3) is 11.1 Å². The standard InChI is InChI=1S/C12H7F5N2/c13-6-1-2-7(10(14)3-6)8-5-19-11(18)4-9(8)12(15,16)17/h1-5H,(H2,18,19). The van der Waals surface area contributed by atoms with Crippen molar-refractivity contribution in [3.05, 3.63) is 47.7 Å². The minimum absolute atomic E-state index is 0.335. The van der Waals surface area contributed by atoms with E-state index in [2.05, 4.69) is 4.98 Å². The van der Waals surface area contributed by atoms with Gasteiger partial charge in [0.25, 0.3) is 0 Å². The molecule has 2 nitrogen and oxygen atoms in total. The SMILES string of the molecule is Nc1cc(C(F)(F)F)c(-c2ccc(F)cc2F)cn1. The summed E-state index contributed by atoms with van der Waals surface area (Å²) in [5.74, 6) is -2.31. The van der Waals surface area contributed by atoms with Crippen LogP contribution in [0.1, 0.15) is 5.56 Å². The lowest BCUT2D eigenvalue weighted by molar-refractivity contribution is -0.137. The Morgan fingerprint density at radius 3 is 2.26 bits per heavy atom. The van der Waals surface area contributed by atoms with Gasteiger partial charge in [-0.05, 0) is 18.2 Å². The summed E-state index contributed by atoms with van der Waals surface area (Å²) in [7, 11) is 0. The average Bonchev–Trinajstić information content (AvgIpc) is 2.28. The van der Waals surface area contributed by atoms with Crippen molar-refractivity contribution in [2.24, 2.45) is 0 Å². The molecule has 2 aromatic rings. The highest BCUT2D eigenvalue weighted by Gasteiger charge is 2.34. The number of halogens is 5. The van der Waals surface area contributed by atoms with Gasteiger partial charge in [-0.2, -0.15) is 13.2 Å². The molecule has 0 atom stereocenters. The van der Waals surface area contributed by atoms with E-state index in [-0.39, 0.29) is 11.4 Å². The Morgan fingerprint density at radius 1 is 1.00 bits per heavy atom. The number of pyridine rings is 1. The van der Waals surface area contributed by atoms with Crippen molar-refractivity contribution in [3.8, 4) is 11.1 Å². The van der Waals surface area contributed by atoms with Crippen molar-refractivity contribution in [1.82, 2.24) is 4.98 Å². The first-order chi connectivity index (χ1) is 8.79. The van der Waals surface area contributed by atoms with E-state index in [4.69, 9.17) is 5.73 Å². The van der Waals surface area contributed by atoms with Gasteiger partial charge in [-0.15, -0.1) is 0 Å². The van der Waals surface area contributed by atoms with Gasteiger partial charge in [-0.1, -0.05) is 0 Å². The molecule has 0 bridgehead atoms. The van der Waals surface area contributed by atoms with Crippen LogP contribution in [0.4, 0.5) is 27.8 Å². The van der Waals surface area contributed by atoms with E-state index in [9.17, 15) is 22.0 Å². The second-order valence-corrected chi connectivity index (χ2v) is 3.78. The van der Waals surface area contributed by atoms with Crippen LogP contribution in [0.5, 0.6) is 0 Å². The molecule has 0 aliphatic rings. The Labute approximate surface area is 104 Å². The number of nitrogen functional groups attached to an aromatic ring is 1. The number of nitrogens with zero attached hydrogens (tertiary/aromatic N) is 1.